The molecular formula is C12H22N2O2S. The van der Waals surface area contributed by atoms with E-state index in [-0.39, 0.29) is 29.8 Å². The van der Waals surface area contributed by atoms with E-state index in [1.54, 1.807) is 23.6 Å². The zero-order valence-corrected chi connectivity index (χ0v) is 11.8. The van der Waals surface area contributed by atoms with Crippen LogP contribution in [0, 0.1) is 5.92 Å². The standard InChI is InChI=1S/C12H22N2O2S/c1-5-8(2)10-11(15)13-9(3)12(16)14(10)6-7-17-4/h8-10H,5-7H2,1-4H3,(H,13,15). The molecule has 98 valence electrons. The first kappa shape index (κ1) is 14.4. The first-order valence-corrected chi connectivity index (χ1v) is 7.52. The monoisotopic (exact) mass is 258 g/mol. The Morgan fingerprint density at radius 3 is 2.65 bits per heavy atom. The minimum atomic E-state index is -0.385. The van der Waals surface area contributed by atoms with E-state index in [1.165, 1.54) is 0 Å². The SMILES string of the molecule is CCC(C)C1C(=O)NC(C)C(=O)N1CCSC. The molecule has 3 unspecified atom stereocenters. The van der Waals surface area contributed by atoms with Crippen molar-refractivity contribution in [2.75, 3.05) is 18.6 Å². The van der Waals surface area contributed by atoms with Gasteiger partial charge in [0.2, 0.25) is 11.8 Å². The molecule has 0 aromatic carbocycles. The van der Waals surface area contributed by atoms with E-state index in [9.17, 15) is 9.59 Å². The summed E-state index contributed by atoms with van der Waals surface area (Å²) in [5.41, 5.74) is 0. The van der Waals surface area contributed by atoms with E-state index >= 15 is 0 Å². The number of rotatable bonds is 5. The molecule has 1 heterocycles. The van der Waals surface area contributed by atoms with E-state index in [2.05, 4.69) is 5.32 Å². The van der Waals surface area contributed by atoms with Crippen LogP contribution in [0.4, 0.5) is 0 Å². The molecule has 4 nitrogen and oxygen atoms in total. The lowest BCUT2D eigenvalue weighted by Gasteiger charge is -2.40. The minimum absolute atomic E-state index is 0.00690. The number of carbonyl (C=O) groups is 2. The Morgan fingerprint density at radius 1 is 1.47 bits per heavy atom. The van der Waals surface area contributed by atoms with Gasteiger partial charge < -0.3 is 10.2 Å². The van der Waals surface area contributed by atoms with Crippen molar-refractivity contribution < 1.29 is 9.59 Å². The molecule has 0 aromatic rings. The summed E-state index contributed by atoms with van der Waals surface area (Å²) in [4.78, 5) is 25.9. The van der Waals surface area contributed by atoms with Crippen molar-refractivity contribution in [1.29, 1.82) is 0 Å². The van der Waals surface area contributed by atoms with Crippen molar-refractivity contribution in [2.45, 2.75) is 39.3 Å². The van der Waals surface area contributed by atoms with Crippen LogP contribution in [0.3, 0.4) is 0 Å². The number of amides is 2. The molecule has 1 fully saturated rings. The van der Waals surface area contributed by atoms with Crippen molar-refractivity contribution in [3.63, 3.8) is 0 Å². The normalized spacial score (nSPS) is 26.9. The molecule has 1 aliphatic heterocycles. The lowest BCUT2D eigenvalue weighted by molar-refractivity contribution is -0.150. The molecule has 5 heteroatoms. The molecule has 1 saturated heterocycles. The fourth-order valence-corrected chi connectivity index (χ4v) is 2.49. The van der Waals surface area contributed by atoms with Crippen LogP contribution in [0.1, 0.15) is 27.2 Å². The number of carbonyl (C=O) groups excluding carboxylic acids is 2. The largest absolute Gasteiger partial charge is 0.343 e. The van der Waals surface area contributed by atoms with Crippen molar-refractivity contribution >= 4 is 23.6 Å². The molecule has 1 aliphatic rings. The molecule has 0 spiro atoms. The first-order valence-electron chi connectivity index (χ1n) is 6.12. The molecule has 0 aromatic heterocycles. The van der Waals surface area contributed by atoms with E-state index in [1.807, 2.05) is 20.1 Å². The molecule has 0 bridgehead atoms. The topological polar surface area (TPSA) is 49.4 Å². The summed E-state index contributed by atoms with van der Waals surface area (Å²) in [5.74, 6) is 1.11. The van der Waals surface area contributed by atoms with Gasteiger partial charge >= 0.3 is 0 Å². The highest BCUT2D eigenvalue weighted by Crippen LogP contribution is 2.20. The molecule has 1 N–H and O–H groups in total. The van der Waals surface area contributed by atoms with Crippen LogP contribution in [-0.2, 0) is 9.59 Å². The van der Waals surface area contributed by atoms with Crippen molar-refractivity contribution in [3.8, 4) is 0 Å². The highest BCUT2D eigenvalue weighted by Gasteiger charge is 2.40. The van der Waals surface area contributed by atoms with Crippen LogP contribution < -0.4 is 5.32 Å². The Kier molecular flexibility index (Phi) is 5.31. The minimum Gasteiger partial charge on any atom is -0.343 e. The molecule has 2 amide bonds. The van der Waals surface area contributed by atoms with Gasteiger partial charge in [-0.1, -0.05) is 20.3 Å². The molecule has 0 radical (unpaired) electrons. The second kappa shape index (κ2) is 6.28. The van der Waals surface area contributed by atoms with Crippen LogP contribution in [0.2, 0.25) is 0 Å². The number of nitrogens with zero attached hydrogens (tertiary/aromatic N) is 1. The predicted octanol–water partition coefficient (Wildman–Crippen LogP) is 1.11. The molecule has 1 rings (SSSR count). The van der Waals surface area contributed by atoms with E-state index in [4.69, 9.17) is 0 Å². The van der Waals surface area contributed by atoms with Gasteiger partial charge in [-0.15, -0.1) is 0 Å². The third-order valence-electron chi connectivity index (χ3n) is 3.34. The second-order valence-corrected chi connectivity index (χ2v) is 5.57. The lowest BCUT2D eigenvalue weighted by Crippen LogP contribution is -2.64. The molecule has 0 saturated carbocycles. The van der Waals surface area contributed by atoms with Gasteiger partial charge in [-0.2, -0.15) is 11.8 Å². The summed E-state index contributed by atoms with van der Waals surface area (Å²) < 4.78 is 0. The van der Waals surface area contributed by atoms with Crippen LogP contribution in [-0.4, -0.2) is 47.4 Å². The summed E-state index contributed by atoms with van der Waals surface area (Å²) in [6.07, 6.45) is 2.91. The van der Waals surface area contributed by atoms with Crippen LogP contribution >= 0.6 is 11.8 Å². The Morgan fingerprint density at radius 2 is 2.12 bits per heavy atom. The van der Waals surface area contributed by atoms with Gasteiger partial charge in [0.1, 0.15) is 12.1 Å². The van der Waals surface area contributed by atoms with Gasteiger partial charge in [0.25, 0.3) is 0 Å². The van der Waals surface area contributed by atoms with Gasteiger partial charge in [0, 0.05) is 12.3 Å². The zero-order valence-electron chi connectivity index (χ0n) is 11.0. The smallest absolute Gasteiger partial charge is 0.245 e. The Labute approximate surface area is 108 Å². The maximum atomic E-state index is 12.1. The van der Waals surface area contributed by atoms with Crippen molar-refractivity contribution in [2.24, 2.45) is 5.92 Å². The highest BCUT2D eigenvalue weighted by atomic mass is 32.2. The van der Waals surface area contributed by atoms with Gasteiger partial charge in [-0.3, -0.25) is 9.59 Å². The molecule has 17 heavy (non-hydrogen) atoms. The third-order valence-corrected chi connectivity index (χ3v) is 3.93. The van der Waals surface area contributed by atoms with Gasteiger partial charge in [-0.05, 0) is 19.1 Å². The predicted molar refractivity (Wildman–Crippen MR) is 70.9 cm³/mol. The summed E-state index contributed by atoms with van der Waals surface area (Å²) in [7, 11) is 0. The maximum Gasteiger partial charge on any atom is 0.245 e. The van der Waals surface area contributed by atoms with E-state index < -0.39 is 0 Å². The van der Waals surface area contributed by atoms with Crippen molar-refractivity contribution in [3.05, 3.63) is 0 Å². The number of piperazine rings is 1. The molecule has 3 atom stereocenters. The Bertz CT molecular complexity index is 296. The number of nitrogens with one attached hydrogen (secondary N) is 1. The second-order valence-electron chi connectivity index (χ2n) is 4.59. The zero-order chi connectivity index (χ0) is 13.0. The third kappa shape index (κ3) is 3.15. The van der Waals surface area contributed by atoms with E-state index in [0.717, 1.165) is 12.2 Å². The quantitative estimate of drug-likeness (QED) is 0.803. The number of hydrogen-bond donors (Lipinski definition) is 1. The Hall–Kier alpha value is -0.710. The fourth-order valence-electron chi connectivity index (χ4n) is 2.12. The van der Waals surface area contributed by atoms with Crippen molar-refractivity contribution in [1.82, 2.24) is 10.2 Å². The highest BCUT2D eigenvalue weighted by molar-refractivity contribution is 7.98. The summed E-state index contributed by atoms with van der Waals surface area (Å²) in [6.45, 7) is 6.48. The van der Waals surface area contributed by atoms with Crippen LogP contribution in [0.15, 0.2) is 0 Å². The van der Waals surface area contributed by atoms with Gasteiger partial charge in [0.15, 0.2) is 0 Å². The number of thioether (sulfide) groups is 1. The first-order chi connectivity index (χ1) is 8.02. The molecular weight excluding hydrogens is 236 g/mol. The van der Waals surface area contributed by atoms with Gasteiger partial charge in [0.05, 0.1) is 0 Å². The van der Waals surface area contributed by atoms with Crippen LogP contribution in [0.25, 0.3) is 0 Å². The van der Waals surface area contributed by atoms with Crippen LogP contribution in [0.5, 0.6) is 0 Å². The van der Waals surface area contributed by atoms with E-state index in [0.29, 0.717) is 6.54 Å². The Balaban J connectivity index is 2.87. The lowest BCUT2D eigenvalue weighted by atomic mass is 9.94. The average molecular weight is 258 g/mol. The average Bonchev–Trinajstić information content (AvgIpc) is 2.31. The summed E-state index contributed by atoms with van der Waals surface area (Å²) in [6, 6.07) is -0.680. The number of hydrogen-bond acceptors (Lipinski definition) is 3. The summed E-state index contributed by atoms with van der Waals surface area (Å²) in [5, 5.41) is 2.76. The molecule has 0 aliphatic carbocycles. The van der Waals surface area contributed by atoms with Gasteiger partial charge in [-0.25, -0.2) is 0 Å². The fraction of sp³-hybridized carbons (Fsp3) is 0.833. The summed E-state index contributed by atoms with van der Waals surface area (Å²) >= 11 is 1.70. The maximum absolute atomic E-state index is 12.1.